The summed E-state index contributed by atoms with van der Waals surface area (Å²) in [6.45, 7) is 4.92. The summed E-state index contributed by atoms with van der Waals surface area (Å²) in [6, 6.07) is 15.2. The number of benzene rings is 2. The number of unbranched alkanes of at least 4 members (excludes halogenated alkanes) is 1. The van der Waals surface area contributed by atoms with Gasteiger partial charge in [0, 0.05) is 11.3 Å². The van der Waals surface area contributed by atoms with Crippen LogP contribution in [0, 0.1) is 0 Å². The van der Waals surface area contributed by atoms with Gasteiger partial charge in [-0.15, -0.1) is 0 Å². The fourth-order valence-electron chi connectivity index (χ4n) is 2.18. The van der Waals surface area contributed by atoms with E-state index >= 15 is 0 Å². The summed E-state index contributed by atoms with van der Waals surface area (Å²) < 4.78 is 5.60. The summed E-state index contributed by atoms with van der Waals surface area (Å²) >= 11 is 0. The highest BCUT2D eigenvalue weighted by Crippen LogP contribution is 2.18. The Labute approximate surface area is 132 Å². The number of rotatable bonds is 7. The molecule has 116 valence electrons. The van der Waals surface area contributed by atoms with Crippen molar-refractivity contribution in [3.63, 3.8) is 0 Å². The van der Waals surface area contributed by atoms with Crippen LogP contribution in [0.2, 0.25) is 0 Å². The maximum absolute atomic E-state index is 12.3. The second kappa shape index (κ2) is 8.23. The Bertz CT molecular complexity index is 605. The van der Waals surface area contributed by atoms with Crippen molar-refractivity contribution < 1.29 is 9.53 Å². The predicted octanol–water partition coefficient (Wildman–Crippen LogP) is 4.68. The van der Waals surface area contributed by atoms with Gasteiger partial charge in [-0.1, -0.05) is 38.5 Å². The van der Waals surface area contributed by atoms with Crippen molar-refractivity contribution in [1.82, 2.24) is 0 Å². The summed E-state index contributed by atoms with van der Waals surface area (Å²) in [5, 5.41) is 2.97. The van der Waals surface area contributed by atoms with Gasteiger partial charge in [-0.3, -0.25) is 4.79 Å². The molecule has 0 saturated carbocycles. The summed E-state index contributed by atoms with van der Waals surface area (Å²) in [6.07, 6.45) is 3.04. The third-order valence-corrected chi connectivity index (χ3v) is 3.53. The van der Waals surface area contributed by atoms with Crippen molar-refractivity contribution in [1.29, 1.82) is 0 Å². The lowest BCUT2D eigenvalue weighted by Gasteiger charge is -2.10. The van der Waals surface area contributed by atoms with Gasteiger partial charge in [0.05, 0.1) is 6.61 Å². The Hall–Kier alpha value is -2.29. The van der Waals surface area contributed by atoms with Gasteiger partial charge in [0.1, 0.15) is 5.75 Å². The summed E-state index contributed by atoms with van der Waals surface area (Å²) in [5.41, 5.74) is 2.64. The predicted molar refractivity (Wildman–Crippen MR) is 90.6 cm³/mol. The number of hydrogen-bond acceptors (Lipinski definition) is 2. The van der Waals surface area contributed by atoms with E-state index in [1.165, 1.54) is 0 Å². The Balaban J connectivity index is 2.00. The molecular formula is C19H23NO2. The SMILES string of the molecule is CCCCOc1ccc(C(=O)Nc2ccccc2CC)cc1. The zero-order chi connectivity index (χ0) is 15.8. The Morgan fingerprint density at radius 1 is 1.05 bits per heavy atom. The number of hydrogen-bond donors (Lipinski definition) is 1. The molecule has 0 bridgehead atoms. The van der Waals surface area contributed by atoms with Crippen molar-refractivity contribution in [3.8, 4) is 5.75 Å². The Morgan fingerprint density at radius 2 is 1.77 bits per heavy atom. The molecule has 2 aromatic carbocycles. The molecule has 2 aromatic rings. The van der Waals surface area contributed by atoms with Crippen LogP contribution in [0.25, 0.3) is 0 Å². The minimum atomic E-state index is -0.0963. The molecule has 0 atom stereocenters. The van der Waals surface area contributed by atoms with Gasteiger partial charge in [-0.25, -0.2) is 0 Å². The van der Waals surface area contributed by atoms with Gasteiger partial charge in [0.15, 0.2) is 0 Å². The second-order valence-corrected chi connectivity index (χ2v) is 5.19. The first-order valence-corrected chi connectivity index (χ1v) is 7.86. The van der Waals surface area contributed by atoms with E-state index in [2.05, 4.69) is 19.2 Å². The van der Waals surface area contributed by atoms with Crippen LogP contribution >= 0.6 is 0 Å². The van der Waals surface area contributed by atoms with Crippen LogP contribution in [-0.2, 0) is 6.42 Å². The third-order valence-electron chi connectivity index (χ3n) is 3.53. The molecule has 0 fully saturated rings. The van der Waals surface area contributed by atoms with E-state index in [9.17, 15) is 4.79 Å². The number of nitrogens with one attached hydrogen (secondary N) is 1. The van der Waals surface area contributed by atoms with Gasteiger partial charge >= 0.3 is 0 Å². The number of ether oxygens (including phenoxy) is 1. The molecule has 22 heavy (non-hydrogen) atoms. The number of amides is 1. The molecule has 0 unspecified atom stereocenters. The van der Waals surface area contributed by atoms with Crippen LogP contribution in [-0.4, -0.2) is 12.5 Å². The van der Waals surface area contributed by atoms with Crippen LogP contribution in [0.1, 0.15) is 42.6 Å². The smallest absolute Gasteiger partial charge is 0.255 e. The molecule has 0 aliphatic heterocycles. The number of carbonyl (C=O) groups excluding carboxylic acids is 1. The van der Waals surface area contributed by atoms with E-state index in [1.54, 1.807) is 12.1 Å². The lowest BCUT2D eigenvalue weighted by molar-refractivity contribution is 0.102. The standard InChI is InChI=1S/C19H23NO2/c1-3-5-14-22-17-12-10-16(11-13-17)19(21)20-18-9-7-6-8-15(18)4-2/h6-13H,3-5,14H2,1-2H3,(H,20,21). The van der Waals surface area contributed by atoms with E-state index < -0.39 is 0 Å². The molecule has 0 saturated heterocycles. The molecule has 0 radical (unpaired) electrons. The highest BCUT2D eigenvalue weighted by atomic mass is 16.5. The van der Waals surface area contributed by atoms with Crippen molar-refractivity contribution in [3.05, 3.63) is 59.7 Å². The molecule has 0 spiro atoms. The molecule has 2 rings (SSSR count). The van der Waals surface area contributed by atoms with Gasteiger partial charge in [-0.2, -0.15) is 0 Å². The molecule has 0 aromatic heterocycles. The topological polar surface area (TPSA) is 38.3 Å². The molecule has 3 heteroatoms. The van der Waals surface area contributed by atoms with E-state index in [0.717, 1.165) is 36.3 Å². The van der Waals surface area contributed by atoms with Crippen molar-refractivity contribution >= 4 is 11.6 Å². The molecule has 1 amide bonds. The summed E-state index contributed by atoms with van der Waals surface area (Å²) in [4.78, 5) is 12.3. The summed E-state index contributed by atoms with van der Waals surface area (Å²) in [5.74, 6) is 0.708. The number of anilines is 1. The maximum atomic E-state index is 12.3. The monoisotopic (exact) mass is 297 g/mol. The zero-order valence-corrected chi connectivity index (χ0v) is 13.3. The lowest BCUT2D eigenvalue weighted by Crippen LogP contribution is -2.13. The van der Waals surface area contributed by atoms with Gasteiger partial charge < -0.3 is 10.1 Å². The minimum absolute atomic E-state index is 0.0963. The van der Waals surface area contributed by atoms with E-state index in [0.29, 0.717) is 12.2 Å². The van der Waals surface area contributed by atoms with Crippen molar-refractivity contribution in [2.24, 2.45) is 0 Å². The Morgan fingerprint density at radius 3 is 2.45 bits per heavy atom. The largest absolute Gasteiger partial charge is 0.494 e. The highest BCUT2D eigenvalue weighted by molar-refractivity contribution is 6.04. The van der Waals surface area contributed by atoms with E-state index in [4.69, 9.17) is 4.74 Å². The van der Waals surface area contributed by atoms with Crippen molar-refractivity contribution in [2.45, 2.75) is 33.1 Å². The first-order chi connectivity index (χ1) is 10.7. The van der Waals surface area contributed by atoms with Crippen LogP contribution in [0.15, 0.2) is 48.5 Å². The minimum Gasteiger partial charge on any atom is -0.494 e. The van der Waals surface area contributed by atoms with Crippen LogP contribution < -0.4 is 10.1 Å². The van der Waals surface area contributed by atoms with E-state index in [1.807, 2.05) is 36.4 Å². The normalized spacial score (nSPS) is 10.3. The fourth-order valence-corrected chi connectivity index (χ4v) is 2.18. The van der Waals surface area contributed by atoms with Gasteiger partial charge in [0.25, 0.3) is 5.91 Å². The first-order valence-electron chi connectivity index (χ1n) is 7.86. The van der Waals surface area contributed by atoms with Crippen molar-refractivity contribution in [2.75, 3.05) is 11.9 Å². The average Bonchev–Trinajstić information content (AvgIpc) is 2.56. The van der Waals surface area contributed by atoms with Gasteiger partial charge in [0.2, 0.25) is 0 Å². The number of para-hydroxylation sites is 1. The Kier molecular flexibility index (Phi) is 6.01. The molecule has 0 aliphatic rings. The lowest BCUT2D eigenvalue weighted by atomic mass is 10.1. The fraction of sp³-hybridized carbons (Fsp3) is 0.316. The zero-order valence-electron chi connectivity index (χ0n) is 13.3. The molecule has 1 N–H and O–H groups in total. The van der Waals surface area contributed by atoms with Crippen LogP contribution in [0.5, 0.6) is 5.75 Å². The molecular weight excluding hydrogens is 274 g/mol. The third kappa shape index (κ3) is 4.35. The molecule has 0 heterocycles. The molecule has 3 nitrogen and oxygen atoms in total. The van der Waals surface area contributed by atoms with Crippen LogP contribution in [0.3, 0.4) is 0 Å². The summed E-state index contributed by atoms with van der Waals surface area (Å²) in [7, 11) is 0. The first kappa shape index (κ1) is 16.1. The quantitative estimate of drug-likeness (QED) is 0.753. The van der Waals surface area contributed by atoms with Gasteiger partial charge in [-0.05, 0) is 48.7 Å². The molecule has 0 aliphatic carbocycles. The second-order valence-electron chi connectivity index (χ2n) is 5.19. The van der Waals surface area contributed by atoms with Crippen LogP contribution in [0.4, 0.5) is 5.69 Å². The average molecular weight is 297 g/mol. The highest BCUT2D eigenvalue weighted by Gasteiger charge is 2.08. The number of carbonyl (C=O) groups is 1. The number of aryl methyl sites for hydroxylation is 1. The van der Waals surface area contributed by atoms with E-state index in [-0.39, 0.29) is 5.91 Å². The maximum Gasteiger partial charge on any atom is 0.255 e.